The number of nitrogens with one attached hydrogen (secondary N) is 2. The molecule has 0 amide bonds. The number of anilines is 3. The maximum Gasteiger partial charge on any atom is 0.416 e. The van der Waals surface area contributed by atoms with E-state index in [2.05, 4.69) is 25.6 Å². The summed E-state index contributed by atoms with van der Waals surface area (Å²) in [6.45, 7) is 1.73. The third-order valence-electron chi connectivity index (χ3n) is 3.75. The molecular weight excluding hydrogens is 343 g/mol. The minimum Gasteiger partial charge on any atom is -0.357 e. The predicted octanol–water partition coefficient (Wildman–Crippen LogP) is 4.65. The monoisotopic (exact) mass is 359 g/mol. The fourth-order valence-electron chi connectivity index (χ4n) is 2.36. The summed E-state index contributed by atoms with van der Waals surface area (Å²) in [6.07, 6.45) is -1.13. The van der Waals surface area contributed by atoms with Crippen LogP contribution in [0.3, 0.4) is 0 Å². The molecule has 0 unspecified atom stereocenters. The van der Waals surface area contributed by atoms with Gasteiger partial charge in [0.15, 0.2) is 0 Å². The van der Waals surface area contributed by atoms with E-state index in [1.807, 2.05) is 0 Å². The van der Waals surface area contributed by atoms with Gasteiger partial charge >= 0.3 is 6.18 Å². The average Bonchev–Trinajstić information content (AvgIpc) is 2.63. The predicted molar refractivity (Wildman–Crippen MR) is 94.3 cm³/mol. The fourth-order valence-corrected chi connectivity index (χ4v) is 2.36. The molecule has 2 aromatic heterocycles. The van der Waals surface area contributed by atoms with Crippen molar-refractivity contribution in [3.05, 3.63) is 59.9 Å². The van der Waals surface area contributed by atoms with Crippen LogP contribution in [-0.4, -0.2) is 22.0 Å². The van der Waals surface area contributed by atoms with Gasteiger partial charge in [0.1, 0.15) is 5.82 Å². The van der Waals surface area contributed by atoms with Crippen molar-refractivity contribution < 1.29 is 13.2 Å². The highest BCUT2D eigenvalue weighted by Crippen LogP contribution is 2.33. The van der Waals surface area contributed by atoms with Crippen LogP contribution < -0.4 is 10.6 Å². The van der Waals surface area contributed by atoms with Gasteiger partial charge in [-0.25, -0.2) is 4.98 Å². The number of benzene rings is 1. The summed E-state index contributed by atoms with van der Waals surface area (Å²) < 4.78 is 38.9. The molecule has 1 aromatic carbocycles. The van der Waals surface area contributed by atoms with E-state index in [4.69, 9.17) is 0 Å². The van der Waals surface area contributed by atoms with E-state index in [0.717, 1.165) is 17.7 Å². The van der Waals surface area contributed by atoms with Gasteiger partial charge in [-0.3, -0.25) is 4.98 Å². The van der Waals surface area contributed by atoms with E-state index >= 15 is 0 Å². The second-order valence-electron chi connectivity index (χ2n) is 5.60. The van der Waals surface area contributed by atoms with Crippen LogP contribution in [0.1, 0.15) is 11.1 Å². The molecule has 0 aliphatic rings. The molecule has 26 heavy (non-hydrogen) atoms. The van der Waals surface area contributed by atoms with Gasteiger partial charge in [0, 0.05) is 36.8 Å². The van der Waals surface area contributed by atoms with Crippen molar-refractivity contribution in [1.29, 1.82) is 0 Å². The lowest BCUT2D eigenvalue weighted by molar-refractivity contribution is -0.137. The number of halogens is 3. The standard InChI is InChI=1S/C18H16F3N5/c1-11-3-4-13(18(19,20)21)9-14(11)24-16-10-15(25-17(22-2)26-16)12-5-7-23-8-6-12/h3-10H,1-2H3,(H2,22,24,25,26). The number of pyridine rings is 1. The number of aryl methyl sites for hydroxylation is 1. The smallest absolute Gasteiger partial charge is 0.357 e. The number of hydrogen-bond acceptors (Lipinski definition) is 5. The van der Waals surface area contributed by atoms with Crippen LogP contribution in [0.25, 0.3) is 11.3 Å². The van der Waals surface area contributed by atoms with Gasteiger partial charge in [0.05, 0.1) is 11.3 Å². The number of aromatic nitrogens is 3. The first-order chi connectivity index (χ1) is 12.4. The number of rotatable bonds is 4. The average molecular weight is 359 g/mol. The third kappa shape index (κ3) is 3.90. The summed E-state index contributed by atoms with van der Waals surface area (Å²) in [7, 11) is 1.67. The van der Waals surface area contributed by atoms with E-state index < -0.39 is 11.7 Å². The summed E-state index contributed by atoms with van der Waals surface area (Å²) >= 11 is 0. The number of alkyl halides is 3. The van der Waals surface area contributed by atoms with Gasteiger partial charge in [0.25, 0.3) is 0 Å². The molecule has 0 bridgehead atoms. The summed E-state index contributed by atoms with van der Waals surface area (Å²) in [6, 6.07) is 8.82. The first kappa shape index (κ1) is 17.7. The summed E-state index contributed by atoms with van der Waals surface area (Å²) in [5.74, 6) is 0.741. The van der Waals surface area contributed by atoms with Crippen LogP contribution in [0, 0.1) is 6.92 Å². The molecule has 0 atom stereocenters. The van der Waals surface area contributed by atoms with Crippen LogP contribution >= 0.6 is 0 Å². The van der Waals surface area contributed by atoms with Crippen LogP contribution in [-0.2, 0) is 6.18 Å². The Morgan fingerprint density at radius 2 is 1.69 bits per heavy atom. The highest BCUT2D eigenvalue weighted by Gasteiger charge is 2.30. The van der Waals surface area contributed by atoms with Gasteiger partial charge in [-0.15, -0.1) is 0 Å². The zero-order valence-corrected chi connectivity index (χ0v) is 14.1. The lowest BCUT2D eigenvalue weighted by atomic mass is 10.1. The van der Waals surface area contributed by atoms with Crippen molar-refractivity contribution >= 4 is 17.5 Å². The quantitative estimate of drug-likeness (QED) is 0.710. The molecule has 3 rings (SSSR count). The molecule has 0 aliphatic carbocycles. The van der Waals surface area contributed by atoms with Crippen LogP contribution in [0.4, 0.5) is 30.6 Å². The summed E-state index contributed by atoms with van der Waals surface area (Å²) in [4.78, 5) is 12.6. The van der Waals surface area contributed by atoms with Crippen molar-refractivity contribution in [3.63, 3.8) is 0 Å². The van der Waals surface area contributed by atoms with E-state index in [-0.39, 0.29) is 0 Å². The molecular formula is C18H16F3N5. The normalized spacial score (nSPS) is 11.3. The Labute approximate surface area is 148 Å². The molecule has 0 spiro atoms. The van der Waals surface area contributed by atoms with Crippen molar-refractivity contribution in [2.45, 2.75) is 13.1 Å². The van der Waals surface area contributed by atoms with Gasteiger partial charge in [-0.2, -0.15) is 18.2 Å². The zero-order valence-electron chi connectivity index (χ0n) is 14.1. The molecule has 0 saturated heterocycles. The zero-order chi connectivity index (χ0) is 18.7. The molecule has 5 nitrogen and oxygen atoms in total. The fraction of sp³-hybridized carbons (Fsp3) is 0.167. The van der Waals surface area contributed by atoms with Crippen LogP contribution in [0.5, 0.6) is 0 Å². The van der Waals surface area contributed by atoms with Gasteiger partial charge < -0.3 is 10.6 Å². The number of hydrogen-bond donors (Lipinski definition) is 2. The molecule has 2 N–H and O–H groups in total. The topological polar surface area (TPSA) is 62.7 Å². The maximum absolute atomic E-state index is 13.0. The van der Waals surface area contributed by atoms with Crippen molar-refractivity contribution in [1.82, 2.24) is 15.0 Å². The Bertz CT molecular complexity index is 910. The highest BCUT2D eigenvalue weighted by molar-refractivity contribution is 5.68. The Kier molecular flexibility index (Phi) is 4.75. The SMILES string of the molecule is CNc1nc(Nc2cc(C(F)(F)F)ccc2C)cc(-c2ccncc2)n1. The van der Waals surface area contributed by atoms with Crippen LogP contribution in [0.15, 0.2) is 48.8 Å². The van der Waals surface area contributed by atoms with E-state index in [1.165, 1.54) is 6.07 Å². The van der Waals surface area contributed by atoms with E-state index in [0.29, 0.717) is 28.7 Å². The third-order valence-corrected chi connectivity index (χ3v) is 3.75. The minimum atomic E-state index is -4.41. The lowest BCUT2D eigenvalue weighted by Crippen LogP contribution is -2.07. The van der Waals surface area contributed by atoms with Crippen molar-refractivity contribution in [2.24, 2.45) is 0 Å². The molecule has 8 heteroatoms. The molecule has 0 saturated carbocycles. The second-order valence-corrected chi connectivity index (χ2v) is 5.60. The Hall–Kier alpha value is -3.16. The van der Waals surface area contributed by atoms with Gasteiger partial charge in [-0.1, -0.05) is 6.07 Å². The summed E-state index contributed by atoms with van der Waals surface area (Å²) in [5.41, 5.74) is 1.73. The van der Waals surface area contributed by atoms with Crippen LogP contribution in [0.2, 0.25) is 0 Å². The highest BCUT2D eigenvalue weighted by atomic mass is 19.4. The Balaban J connectivity index is 2.00. The molecule has 0 fully saturated rings. The first-order valence-corrected chi connectivity index (χ1v) is 7.79. The van der Waals surface area contributed by atoms with Gasteiger partial charge in [0.2, 0.25) is 5.95 Å². The summed E-state index contributed by atoms with van der Waals surface area (Å²) in [5, 5.41) is 5.82. The first-order valence-electron chi connectivity index (χ1n) is 7.79. The van der Waals surface area contributed by atoms with Gasteiger partial charge in [-0.05, 0) is 36.8 Å². The molecule has 2 heterocycles. The Morgan fingerprint density at radius 3 is 2.35 bits per heavy atom. The van der Waals surface area contributed by atoms with E-state index in [1.54, 1.807) is 44.6 Å². The lowest BCUT2D eigenvalue weighted by Gasteiger charge is -2.14. The van der Waals surface area contributed by atoms with Crippen molar-refractivity contribution in [2.75, 3.05) is 17.7 Å². The number of nitrogens with zero attached hydrogens (tertiary/aromatic N) is 3. The molecule has 0 aliphatic heterocycles. The largest absolute Gasteiger partial charge is 0.416 e. The van der Waals surface area contributed by atoms with Crippen molar-refractivity contribution in [3.8, 4) is 11.3 Å². The molecule has 3 aromatic rings. The second kappa shape index (κ2) is 6.99. The minimum absolute atomic E-state index is 0.334. The molecule has 0 radical (unpaired) electrons. The maximum atomic E-state index is 13.0. The molecule has 134 valence electrons. The Morgan fingerprint density at radius 1 is 0.962 bits per heavy atom. The van der Waals surface area contributed by atoms with E-state index in [9.17, 15) is 13.2 Å².